The summed E-state index contributed by atoms with van der Waals surface area (Å²) in [6, 6.07) is 10.4. The Morgan fingerprint density at radius 3 is 2.88 bits per heavy atom. The molecule has 1 saturated carbocycles. The van der Waals surface area contributed by atoms with Crippen molar-refractivity contribution in [1.82, 2.24) is 4.90 Å². The third-order valence-corrected chi connectivity index (χ3v) is 5.84. The maximum absolute atomic E-state index is 13.4. The van der Waals surface area contributed by atoms with Gasteiger partial charge < -0.3 is 9.32 Å². The van der Waals surface area contributed by atoms with Crippen LogP contribution in [0.2, 0.25) is 0 Å². The molecule has 1 aromatic carbocycles. The Balaban J connectivity index is 1.45. The number of furan rings is 1. The van der Waals surface area contributed by atoms with Crippen LogP contribution in [0, 0.1) is 5.92 Å². The molecule has 2 fully saturated rings. The zero-order valence-corrected chi connectivity index (χ0v) is 13.8. The highest BCUT2D eigenvalue weighted by Crippen LogP contribution is 2.48. The van der Waals surface area contributed by atoms with Crippen LogP contribution in [0.15, 0.2) is 47.3 Å². The van der Waals surface area contributed by atoms with Gasteiger partial charge in [0.25, 0.3) is 0 Å². The van der Waals surface area contributed by atoms with Crippen molar-refractivity contribution >= 4 is 11.6 Å². The summed E-state index contributed by atoms with van der Waals surface area (Å²) >= 11 is 0. The van der Waals surface area contributed by atoms with Gasteiger partial charge in [-0.25, -0.2) is 0 Å². The van der Waals surface area contributed by atoms with Crippen LogP contribution in [0.4, 0.5) is 5.69 Å². The average Bonchev–Trinajstić information content (AvgIpc) is 3.03. The van der Waals surface area contributed by atoms with E-state index in [2.05, 4.69) is 34.1 Å². The first-order valence-corrected chi connectivity index (χ1v) is 8.91. The van der Waals surface area contributed by atoms with Gasteiger partial charge >= 0.3 is 0 Å². The summed E-state index contributed by atoms with van der Waals surface area (Å²) < 4.78 is 5.19. The van der Waals surface area contributed by atoms with Crippen molar-refractivity contribution in [1.29, 1.82) is 0 Å². The van der Waals surface area contributed by atoms with E-state index in [1.807, 2.05) is 6.07 Å². The fourth-order valence-electron chi connectivity index (χ4n) is 4.40. The Hall–Kier alpha value is -2.07. The van der Waals surface area contributed by atoms with Crippen LogP contribution in [-0.2, 0) is 16.8 Å². The number of amides is 1. The topological polar surface area (TPSA) is 36.7 Å². The van der Waals surface area contributed by atoms with Crippen molar-refractivity contribution in [2.45, 2.75) is 31.2 Å². The molecule has 0 radical (unpaired) electrons. The molecule has 1 saturated heterocycles. The standard InChI is InChI=1S/C20H22N2O2/c23-19-20(8-9-21(14-20)11-16-7-10-24-13-16)17-3-1-2-4-18(17)22(19)12-15-5-6-15/h1-4,7,10,13,15H,5-6,8-9,11-12,14H2/t20-/m1/s1. The van der Waals surface area contributed by atoms with Crippen LogP contribution in [0.3, 0.4) is 0 Å². The van der Waals surface area contributed by atoms with E-state index in [9.17, 15) is 4.79 Å². The van der Waals surface area contributed by atoms with E-state index in [-0.39, 0.29) is 5.41 Å². The number of fused-ring (bicyclic) bond motifs is 2. The first kappa shape index (κ1) is 14.3. The summed E-state index contributed by atoms with van der Waals surface area (Å²) in [5, 5.41) is 0. The first-order valence-electron chi connectivity index (χ1n) is 8.91. The molecule has 24 heavy (non-hydrogen) atoms. The van der Waals surface area contributed by atoms with Gasteiger partial charge in [-0.05, 0) is 49.4 Å². The Labute approximate surface area is 142 Å². The summed E-state index contributed by atoms with van der Waals surface area (Å²) in [4.78, 5) is 17.8. The molecule has 1 aromatic heterocycles. The highest BCUT2D eigenvalue weighted by molar-refractivity contribution is 6.08. The van der Waals surface area contributed by atoms with E-state index < -0.39 is 0 Å². The van der Waals surface area contributed by atoms with Crippen LogP contribution in [0.5, 0.6) is 0 Å². The maximum atomic E-state index is 13.4. The molecule has 0 bridgehead atoms. The fourth-order valence-corrected chi connectivity index (χ4v) is 4.40. The van der Waals surface area contributed by atoms with Gasteiger partial charge in [0.2, 0.25) is 5.91 Å². The summed E-state index contributed by atoms with van der Waals surface area (Å²) in [6.07, 6.45) is 6.97. The van der Waals surface area contributed by atoms with Gasteiger partial charge in [-0.1, -0.05) is 18.2 Å². The molecule has 1 spiro atoms. The van der Waals surface area contributed by atoms with Crippen molar-refractivity contribution in [3.05, 3.63) is 54.0 Å². The van der Waals surface area contributed by atoms with Gasteiger partial charge in [0, 0.05) is 30.9 Å². The van der Waals surface area contributed by atoms with E-state index in [1.165, 1.54) is 24.0 Å². The molecule has 5 rings (SSSR count). The second-order valence-electron chi connectivity index (χ2n) is 7.55. The predicted molar refractivity (Wildman–Crippen MR) is 91.8 cm³/mol. The lowest BCUT2D eigenvalue weighted by Crippen LogP contribution is -2.43. The Bertz CT molecular complexity index is 766. The normalized spacial score (nSPS) is 26.5. The van der Waals surface area contributed by atoms with Gasteiger partial charge in [-0.3, -0.25) is 9.69 Å². The first-order chi connectivity index (χ1) is 11.8. The number of carbonyl (C=O) groups is 1. The Morgan fingerprint density at radius 1 is 1.21 bits per heavy atom. The monoisotopic (exact) mass is 322 g/mol. The van der Waals surface area contributed by atoms with Crippen molar-refractivity contribution in [3.63, 3.8) is 0 Å². The molecule has 124 valence electrons. The number of likely N-dealkylation sites (tertiary alicyclic amines) is 1. The van der Waals surface area contributed by atoms with E-state index in [1.54, 1.807) is 12.5 Å². The number of benzene rings is 1. The molecule has 1 amide bonds. The number of rotatable bonds is 4. The smallest absolute Gasteiger partial charge is 0.239 e. The molecular weight excluding hydrogens is 300 g/mol. The van der Waals surface area contributed by atoms with Crippen molar-refractivity contribution in [2.75, 3.05) is 24.5 Å². The number of hydrogen-bond donors (Lipinski definition) is 0. The van der Waals surface area contributed by atoms with Gasteiger partial charge in [-0.2, -0.15) is 0 Å². The lowest BCUT2D eigenvalue weighted by atomic mass is 9.81. The minimum atomic E-state index is -0.338. The zero-order chi connectivity index (χ0) is 16.1. The summed E-state index contributed by atoms with van der Waals surface area (Å²) in [7, 11) is 0. The van der Waals surface area contributed by atoms with E-state index in [0.717, 1.165) is 38.3 Å². The number of nitrogens with zero attached hydrogens (tertiary/aromatic N) is 2. The second-order valence-corrected chi connectivity index (χ2v) is 7.55. The average molecular weight is 322 g/mol. The quantitative estimate of drug-likeness (QED) is 0.867. The molecule has 2 aromatic rings. The van der Waals surface area contributed by atoms with E-state index in [4.69, 9.17) is 4.42 Å². The van der Waals surface area contributed by atoms with Crippen LogP contribution in [0.1, 0.15) is 30.4 Å². The summed E-state index contributed by atoms with van der Waals surface area (Å²) in [6.45, 7) is 3.54. The number of carbonyl (C=O) groups excluding carboxylic acids is 1. The molecule has 0 unspecified atom stereocenters. The minimum absolute atomic E-state index is 0.324. The van der Waals surface area contributed by atoms with Gasteiger partial charge in [-0.15, -0.1) is 0 Å². The molecule has 1 aliphatic carbocycles. The second kappa shape index (κ2) is 5.21. The highest BCUT2D eigenvalue weighted by Gasteiger charge is 2.54. The van der Waals surface area contributed by atoms with E-state index in [0.29, 0.717) is 11.8 Å². The van der Waals surface area contributed by atoms with Crippen molar-refractivity contribution in [2.24, 2.45) is 5.92 Å². The van der Waals surface area contributed by atoms with Gasteiger partial charge in [0.1, 0.15) is 0 Å². The van der Waals surface area contributed by atoms with Crippen LogP contribution < -0.4 is 4.90 Å². The molecule has 4 nitrogen and oxygen atoms in total. The number of anilines is 1. The highest BCUT2D eigenvalue weighted by atomic mass is 16.3. The SMILES string of the molecule is O=C1N(CC2CC2)c2ccccc2[C@]12CCN(Cc1ccoc1)C2. The number of para-hydroxylation sites is 1. The Kier molecular flexibility index (Phi) is 3.10. The lowest BCUT2D eigenvalue weighted by molar-refractivity contribution is -0.122. The van der Waals surface area contributed by atoms with Crippen LogP contribution in [-0.4, -0.2) is 30.4 Å². The molecule has 0 N–H and O–H groups in total. The molecule has 2 aliphatic heterocycles. The summed E-state index contributed by atoms with van der Waals surface area (Å²) in [5.74, 6) is 1.03. The van der Waals surface area contributed by atoms with Crippen LogP contribution in [0.25, 0.3) is 0 Å². The molecular formula is C20H22N2O2. The third kappa shape index (κ3) is 2.13. The largest absolute Gasteiger partial charge is 0.472 e. The molecule has 3 heterocycles. The maximum Gasteiger partial charge on any atom is 0.239 e. The summed E-state index contributed by atoms with van der Waals surface area (Å²) in [5.41, 5.74) is 3.24. The third-order valence-electron chi connectivity index (χ3n) is 5.84. The molecule has 4 heteroatoms. The zero-order valence-electron chi connectivity index (χ0n) is 13.8. The van der Waals surface area contributed by atoms with Crippen molar-refractivity contribution in [3.8, 4) is 0 Å². The van der Waals surface area contributed by atoms with Gasteiger partial charge in [0.15, 0.2) is 0 Å². The fraction of sp³-hybridized carbons (Fsp3) is 0.450. The van der Waals surface area contributed by atoms with E-state index >= 15 is 0 Å². The minimum Gasteiger partial charge on any atom is -0.472 e. The number of hydrogen-bond acceptors (Lipinski definition) is 3. The molecule has 3 aliphatic rings. The van der Waals surface area contributed by atoms with Crippen molar-refractivity contribution < 1.29 is 9.21 Å². The van der Waals surface area contributed by atoms with Gasteiger partial charge in [0.05, 0.1) is 17.9 Å². The lowest BCUT2D eigenvalue weighted by Gasteiger charge is -2.24. The Morgan fingerprint density at radius 2 is 2.08 bits per heavy atom. The van der Waals surface area contributed by atoms with Crippen LogP contribution >= 0.6 is 0 Å². The predicted octanol–water partition coefficient (Wildman–Crippen LogP) is 3.18. The molecule has 1 atom stereocenters.